The average molecular weight is 527 g/mol. The van der Waals surface area contributed by atoms with E-state index in [-0.39, 0.29) is 11.9 Å². The van der Waals surface area contributed by atoms with Gasteiger partial charge in [0.2, 0.25) is 0 Å². The van der Waals surface area contributed by atoms with Crippen molar-refractivity contribution >= 4 is 11.6 Å². The van der Waals surface area contributed by atoms with E-state index in [0.717, 1.165) is 55.3 Å². The summed E-state index contributed by atoms with van der Waals surface area (Å²) in [5.41, 5.74) is 6.69. The molecule has 0 N–H and O–H groups in total. The Labute approximate surface area is 231 Å². The third-order valence-electron chi connectivity index (χ3n) is 7.88. The van der Waals surface area contributed by atoms with Crippen LogP contribution in [0.5, 0.6) is 11.5 Å². The van der Waals surface area contributed by atoms with E-state index in [9.17, 15) is 4.79 Å². The zero-order valence-electron chi connectivity index (χ0n) is 23.4. The molecule has 0 bridgehead atoms. The fraction of sp³-hybridized carbons (Fsp3) is 0.375. The lowest BCUT2D eigenvalue weighted by molar-refractivity contribution is -0.134. The molecule has 3 aromatic carbocycles. The highest BCUT2D eigenvalue weighted by molar-refractivity contribution is 6.03. The molecule has 7 heteroatoms. The van der Waals surface area contributed by atoms with Crippen LogP contribution in [0.2, 0.25) is 0 Å². The van der Waals surface area contributed by atoms with Crippen LogP contribution in [0.4, 0.5) is 0 Å². The molecule has 204 valence electrons. The van der Waals surface area contributed by atoms with Crippen LogP contribution in [-0.2, 0) is 11.3 Å². The van der Waals surface area contributed by atoms with E-state index in [2.05, 4.69) is 66.1 Å². The van der Waals surface area contributed by atoms with Gasteiger partial charge in [0.15, 0.2) is 0 Å². The van der Waals surface area contributed by atoms with Crippen LogP contribution in [0.3, 0.4) is 0 Å². The van der Waals surface area contributed by atoms with Crippen LogP contribution in [0, 0.1) is 13.8 Å². The molecule has 2 heterocycles. The number of aryl methyl sites for hydroxylation is 2. The summed E-state index contributed by atoms with van der Waals surface area (Å²) in [6.45, 7) is 9.10. The number of carbonyl (C=O) groups excluding carboxylic acids is 1. The fourth-order valence-electron chi connectivity index (χ4n) is 5.38. The van der Waals surface area contributed by atoms with Gasteiger partial charge in [0, 0.05) is 50.8 Å². The van der Waals surface area contributed by atoms with E-state index in [1.807, 2.05) is 24.3 Å². The van der Waals surface area contributed by atoms with Crippen molar-refractivity contribution in [1.29, 1.82) is 0 Å². The van der Waals surface area contributed by atoms with E-state index in [1.54, 1.807) is 19.2 Å². The molecule has 1 atom stereocenters. The number of methoxy groups -OCH3 is 2. The van der Waals surface area contributed by atoms with Crippen molar-refractivity contribution in [3.05, 3.63) is 94.5 Å². The van der Waals surface area contributed by atoms with Crippen molar-refractivity contribution < 1.29 is 14.3 Å². The Morgan fingerprint density at radius 3 is 2.31 bits per heavy atom. The molecule has 5 rings (SSSR count). The Morgan fingerprint density at radius 1 is 0.872 bits per heavy atom. The lowest BCUT2D eigenvalue weighted by Gasteiger charge is -2.35. The first kappa shape index (κ1) is 26.9. The van der Waals surface area contributed by atoms with Gasteiger partial charge in [-0.3, -0.25) is 14.6 Å². The van der Waals surface area contributed by atoms with Crippen molar-refractivity contribution in [3.8, 4) is 11.5 Å². The topological polar surface area (TPSA) is 57.6 Å². The van der Waals surface area contributed by atoms with Crippen LogP contribution >= 0.6 is 0 Å². The monoisotopic (exact) mass is 526 g/mol. The van der Waals surface area contributed by atoms with Gasteiger partial charge in [-0.2, -0.15) is 5.10 Å². The zero-order chi connectivity index (χ0) is 27.4. The highest BCUT2D eigenvalue weighted by Gasteiger charge is 2.36. The predicted octanol–water partition coefficient (Wildman–Crippen LogP) is 4.82. The SMILES string of the molecule is COc1ccc([C@H]2CC(c3ccc(C)c(C)c3)=NN2C(=O)CN2CCN(Cc3ccccc3)CC2)c(OC)c1. The number of carbonyl (C=O) groups is 1. The predicted molar refractivity (Wildman–Crippen MR) is 154 cm³/mol. The minimum Gasteiger partial charge on any atom is -0.497 e. The normalized spacial score (nSPS) is 18.2. The van der Waals surface area contributed by atoms with Crippen LogP contribution in [0.1, 0.15) is 40.3 Å². The first-order valence-electron chi connectivity index (χ1n) is 13.6. The number of amides is 1. The molecular formula is C32H38N4O3. The van der Waals surface area contributed by atoms with Crippen molar-refractivity contribution in [2.75, 3.05) is 46.9 Å². The van der Waals surface area contributed by atoms with Gasteiger partial charge in [0.1, 0.15) is 11.5 Å². The maximum Gasteiger partial charge on any atom is 0.257 e. The summed E-state index contributed by atoms with van der Waals surface area (Å²) in [5.74, 6) is 1.42. The number of nitrogens with zero attached hydrogens (tertiary/aromatic N) is 4. The second kappa shape index (κ2) is 12.0. The van der Waals surface area contributed by atoms with Crippen LogP contribution in [0.15, 0.2) is 71.8 Å². The average Bonchev–Trinajstić information content (AvgIpc) is 3.41. The Morgan fingerprint density at radius 2 is 1.62 bits per heavy atom. The first-order chi connectivity index (χ1) is 18.9. The Hall–Kier alpha value is -3.68. The Kier molecular flexibility index (Phi) is 8.29. The van der Waals surface area contributed by atoms with Gasteiger partial charge < -0.3 is 9.47 Å². The summed E-state index contributed by atoms with van der Waals surface area (Å²) >= 11 is 0. The molecule has 0 saturated carbocycles. The first-order valence-corrected chi connectivity index (χ1v) is 13.6. The molecular weight excluding hydrogens is 488 g/mol. The molecule has 2 aliphatic rings. The summed E-state index contributed by atoms with van der Waals surface area (Å²) in [6, 6.07) is 22.5. The standard InChI is InChI=1S/C32H38N4O3/c1-23-10-11-26(18-24(23)2)29-20-30(28-13-12-27(38-3)19-31(28)39-4)36(33-29)32(37)22-35-16-14-34(15-17-35)21-25-8-6-5-7-9-25/h5-13,18-19,30H,14-17,20-22H2,1-4H3/t30-/m1/s1. The van der Waals surface area contributed by atoms with Crippen LogP contribution < -0.4 is 9.47 Å². The van der Waals surface area contributed by atoms with Gasteiger partial charge in [-0.1, -0.05) is 42.5 Å². The zero-order valence-corrected chi connectivity index (χ0v) is 23.4. The minimum absolute atomic E-state index is 0.00761. The number of rotatable bonds is 8. The molecule has 2 aliphatic heterocycles. The third-order valence-corrected chi connectivity index (χ3v) is 7.88. The van der Waals surface area contributed by atoms with Crippen molar-refractivity contribution in [2.45, 2.75) is 32.9 Å². The Balaban J connectivity index is 1.33. The van der Waals surface area contributed by atoms with Gasteiger partial charge in [-0.25, -0.2) is 5.01 Å². The Bertz CT molecular complexity index is 1330. The summed E-state index contributed by atoms with van der Waals surface area (Å²) < 4.78 is 11.1. The fourth-order valence-corrected chi connectivity index (χ4v) is 5.38. The van der Waals surface area contributed by atoms with Gasteiger partial charge >= 0.3 is 0 Å². The summed E-state index contributed by atoms with van der Waals surface area (Å²) in [4.78, 5) is 18.5. The molecule has 1 amide bonds. The second-order valence-electron chi connectivity index (χ2n) is 10.4. The summed E-state index contributed by atoms with van der Waals surface area (Å²) in [5, 5.41) is 6.60. The number of hydrogen-bond donors (Lipinski definition) is 0. The highest BCUT2D eigenvalue weighted by atomic mass is 16.5. The van der Waals surface area contributed by atoms with Gasteiger partial charge in [0.25, 0.3) is 5.91 Å². The lowest BCUT2D eigenvalue weighted by atomic mass is 9.96. The van der Waals surface area contributed by atoms with E-state index in [0.29, 0.717) is 18.7 Å². The van der Waals surface area contributed by atoms with Gasteiger partial charge in [-0.05, 0) is 54.3 Å². The molecule has 0 radical (unpaired) electrons. The second-order valence-corrected chi connectivity index (χ2v) is 10.4. The van der Waals surface area contributed by atoms with Crippen LogP contribution in [0.25, 0.3) is 0 Å². The van der Waals surface area contributed by atoms with Gasteiger partial charge in [-0.15, -0.1) is 0 Å². The maximum atomic E-state index is 13.8. The largest absolute Gasteiger partial charge is 0.497 e. The minimum atomic E-state index is -0.241. The summed E-state index contributed by atoms with van der Waals surface area (Å²) in [7, 11) is 3.29. The molecule has 0 spiro atoms. The van der Waals surface area contributed by atoms with Crippen molar-refractivity contribution in [3.63, 3.8) is 0 Å². The summed E-state index contributed by atoms with van der Waals surface area (Å²) in [6.07, 6.45) is 0.627. The van der Waals surface area contributed by atoms with Crippen LogP contribution in [-0.4, -0.2) is 73.4 Å². The molecule has 39 heavy (non-hydrogen) atoms. The van der Waals surface area contributed by atoms with Gasteiger partial charge in [0.05, 0.1) is 32.5 Å². The van der Waals surface area contributed by atoms with Crippen molar-refractivity contribution in [2.24, 2.45) is 5.10 Å². The van der Waals surface area contributed by atoms with E-state index >= 15 is 0 Å². The third kappa shape index (κ3) is 6.15. The molecule has 1 saturated heterocycles. The number of hydrogen-bond acceptors (Lipinski definition) is 6. The maximum absolute atomic E-state index is 13.8. The number of benzene rings is 3. The van der Waals surface area contributed by atoms with E-state index in [4.69, 9.17) is 14.6 Å². The molecule has 1 fully saturated rings. The molecule has 0 aliphatic carbocycles. The molecule has 3 aromatic rings. The number of ether oxygens (including phenoxy) is 2. The number of hydrazone groups is 1. The van der Waals surface area contributed by atoms with Crippen molar-refractivity contribution in [1.82, 2.24) is 14.8 Å². The number of piperazine rings is 1. The highest BCUT2D eigenvalue weighted by Crippen LogP contribution is 2.39. The molecule has 7 nitrogen and oxygen atoms in total. The molecule has 0 aromatic heterocycles. The quantitative estimate of drug-likeness (QED) is 0.422. The molecule has 0 unspecified atom stereocenters. The smallest absolute Gasteiger partial charge is 0.257 e. The lowest BCUT2D eigenvalue weighted by Crippen LogP contribution is -2.49. The van der Waals surface area contributed by atoms with E-state index < -0.39 is 0 Å². The van der Waals surface area contributed by atoms with E-state index in [1.165, 1.54) is 16.7 Å².